The van der Waals surface area contributed by atoms with Crippen LogP contribution in [-0.4, -0.2) is 37.8 Å². The predicted octanol–water partition coefficient (Wildman–Crippen LogP) is 2.97. The maximum absolute atomic E-state index is 12.7. The van der Waals surface area contributed by atoms with Crippen molar-refractivity contribution in [2.75, 3.05) is 12.9 Å². The highest BCUT2D eigenvalue weighted by Crippen LogP contribution is 2.21. The van der Waals surface area contributed by atoms with Gasteiger partial charge in [-0.05, 0) is 36.4 Å². The molecule has 0 spiro atoms. The van der Waals surface area contributed by atoms with Gasteiger partial charge in [0.2, 0.25) is 5.16 Å². The van der Waals surface area contributed by atoms with Crippen LogP contribution < -0.4 is 10.3 Å². The van der Waals surface area contributed by atoms with Crippen LogP contribution in [0.3, 0.4) is 0 Å². The van der Waals surface area contributed by atoms with E-state index < -0.39 is 29.1 Å². The van der Waals surface area contributed by atoms with Crippen LogP contribution >= 0.6 is 0 Å². The Kier molecular flexibility index (Phi) is 5.59. The van der Waals surface area contributed by atoms with E-state index in [0.29, 0.717) is 16.9 Å². The molecule has 146 valence electrons. The Bertz CT molecular complexity index is 1050. The second kappa shape index (κ2) is 7.93. The van der Waals surface area contributed by atoms with E-state index in [1.807, 2.05) is 0 Å². The molecule has 2 heterocycles. The summed E-state index contributed by atoms with van der Waals surface area (Å²) in [4.78, 5) is 20.9. The quantitative estimate of drug-likeness (QED) is 0.606. The molecule has 6 nitrogen and oxygen atoms in total. The van der Waals surface area contributed by atoms with Gasteiger partial charge in [0.1, 0.15) is 5.75 Å². The van der Waals surface area contributed by atoms with E-state index in [-0.39, 0.29) is 10.9 Å². The van der Waals surface area contributed by atoms with Crippen molar-refractivity contribution in [2.24, 2.45) is 0 Å². The largest absolute Gasteiger partial charge is 0.484 e. The van der Waals surface area contributed by atoms with Gasteiger partial charge in [0.15, 0.2) is 6.61 Å². The summed E-state index contributed by atoms with van der Waals surface area (Å²) in [7, 11) is -1.60. The van der Waals surface area contributed by atoms with Crippen molar-refractivity contribution in [3.63, 3.8) is 0 Å². The van der Waals surface area contributed by atoms with Gasteiger partial charge in [0.25, 0.3) is 5.56 Å². The molecule has 0 radical (unpaired) electrons. The number of ether oxygens (including phenoxy) is 1. The number of benzene rings is 1. The van der Waals surface area contributed by atoms with Gasteiger partial charge in [0, 0.05) is 30.3 Å². The van der Waals surface area contributed by atoms with Crippen LogP contribution in [0.1, 0.15) is 0 Å². The minimum absolute atomic E-state index is 0.00494. The Morgan fingerprint density at radius 1 is 1.11 bits per heavy atom. The monoisotopic (exact) mass is 409 g/mol. The van der Waals surface area contributed by atoms with Gasteiger partial charge in [-0.15, -0.1) is 0 Å². The van der Waals surface area contributed by atoms with Gasteiger partial charge in [0.05, 0.1) is 22.2 Å². The molecule has 1 unspecified atom stereocenters. The Morgan fingerprint density at radius 2 is 1.75 bits per heavy atom. The molecule has 0 fully saturated rings. The summed E-state index contributed by atoms with van der Waals surface area (Å²) in [6, 6.07) is 10.0. The van der Waals surface area contributed by atoms with E-state index in [1.54, 1.807) is 24.5 Å². The maximum atomic E-state index is 12.7. The topological polar surface area (TPSA) is 74.1 Å². The number of alkyl halides is 3. The first-order valence-corrected chi connectivity index (χ1v) is 9.48. The fraction of sp³-hybridized carbons (Fsp3) is 0.167. The van der Waals surface area contributed by atoms with Crippen LogP contribution in [0.15, 0.2) is 64.8 Å². The molecule has 3 rings (SSSR count). The lowest BCUT2D eigenvalue weighted by molar-refractivity contribution is -0.153. The highest BCUT2D eigenvalue weighted by molar-refractivity contribution is 7.84. The molecule has 1 atom stereocenters. The fourth-order valence-corrected chi connectivity index (χ4v) is 3.10. The Morgan fingerprint density at radius 3 is 2.32 bits per heavy atom. The van der Waals surface area contributed by atoms with Crippen molar-refractivity contribution >= 4 is 10.8 Å². The Balaban J connectivity index is 2.00. The molecule has 1 aromatic carbocycles. The molecule has 10 heteroatoms. The molecule has 0 N–H and O–H groups in total. The molecule has 0 aliphatic rings. The molecule has 0 aliphatic carbocycles. The standard InChI is InChI=1S/C18H14F3N3O3S/c1-28(26)17-23-15(12-6-8-22-9-7-12)10-16(25)24(17)13-2-4-14(5-3-13)27-11-18(19,20)21/h2-10H,11H2,1H3. The highest BCUT2D eigenvalue weighted by Gasteiger charge is 2.28. The molecule has 0 bridgehead atoms. The van der Waals surface area contributed by atoms with Gasteiger partial charge < -0.3 is 4.74 Å². The van der Waals surface area contributed by atoms with Crippen molar-refractivity contribution in [2.45, 2.75) is 11.3 Å². The summed E-state index contributed by atoms with van der Waals surface area (Å²) >= 11 is 0. The first kappa shape index (κ1) is 19.7. The van der Waals surface area contributed by atoms with E-state index in [0.717, 1.165) is 4.57 Å². The number of hydrogen-bond donors (Lipinski definition) is 0. The summed E-state index contributed by atoms with van der Waals surface area (Å²) < 4.78 is 54.7. The number of aromatic nitrogens is 3. The lowest BCUT2D eigenvalue weighted by Gasteiger charge is -2.13. The zero-order chi connectivity index (χ0) is 20.3. The fourth-order valence-electron chi connectivity index (χ4n) is 2.42. The third-order valence-electron chi connectivity index (χ3n) is 3.62. The minimum Gasteiger partial charge on any atom is -0.484 e. The maximum Gasteiger partial charge on any atom is 0.422 e. The van der Waals surface area contributed by atoms with Gasteiger partial charge in [-0.3, -0.25) is 18.6 Å². The van der Waals surface area contributed by atoms with Crippen LogP contribution in [0.4, 0.5) is 13.2 Å². The van der Waals surface area contributed by atoms with E-state index >= 15 is 0 Å². The van der Waals surface area contributed by atoms with Crippen LogP contribution in [0, 0.1) is 0 Å². The number of nitrogens with zero attached hydrogens (tertiary/aromatic N) is 3. The highest BCUT2D eigenvalue weighted by atomic mass is 32.2. The summed E-state index contributed by atoms with van der Waals surface area (Å²) in [5.74, 6) is -0.00494. The summed E-state index contributed by atoms with van der Waals surface area (Å²) in [6.07, 6.45) is 0.0274. The molecule has 0 aliphatic heterocycles. The number of pyridine rings is 1. The third kappa shape index (κ3) is 4.63. The van der Waals surface area contributed by atoms with Crippen molar-refractivity contribution in [3.05, 3.63) is 65.2 Å². The van der Waals surface area contributed by atoms with E-state index in [1.165, 1.54) is 36.6 Å². The summed E-state index contributed by atoms with van der Waals surface area (Å²) in [5, 5.41) is 0.0169. The average molecular weight is 409 g/mol. The van der Waals surface area contributed by atoms with E-state index in [4.69, 9.17) is 0 Å². The number of hydrogen-bond acceptors (Lipinski definition) is 5. The second-order valence-corrected chi connectivity index (χ2v) is 6.96. The average Bonchev–Trinajstić information content (AvgIpc) is 2.66. The van der Waals surface area contributed by atoms with Crippen molar-refractivity contribution in [3.8, 4) is 22.7 Å². The molecule has 0 saturated carbocycles. The molecular formula is C18H14F3N3O3S. The molecule has 0 saturated heterocycles. The Hall–Kier alpha value is -3.01. The predicted molar refractivity (Wildman–Crippen MR) is 96.9 cm³/mol. The van der Waals surface area contributed by atoms with Gasteiger partial charge in [-0.25, -0.2) is 4.98 Å². The van der Waals surface area contributed by atoms with Gasteiger partial charge >= 0.3 is 6.18 Å². The molecular weight excluding hydrogens is 395 g/mol. The van der Waals surface area contributed by atoms with Crippen LogP contribution in [0.5, 0.6) is 5.75 Å². The number of rotatable bonds is 5. The van der Waals surface area contributed by atoms with E-state index in [2.05, 4.69) is 14.7 Å². The van der Waals surface area contributed by atoms with Crippen LogP contribution in [-0.2, 0) is 10.8 Å². The zero-order valence-electron chi connectivity index (χ0n) is 14.5. The smallest absolute Gasteiger partial charge is 0.422 e. The number of halogens is 3. The van der Waals surface area contributed by atoms with Gasteiger partial charge in [-0.1, -0.05) is 0 Å². The lowest BCUT2D eigenvalue weighted by Crippen LogP contribution is -2.23. The molecule has 28 heavy (non-hydrogen) atoms. The molecule has 3 aromatic rings. The summed E-state index contributed by atoms with van der Waals surface area (Å²) in [6.45, 7) is -1.42. The van der Waals surface area contributed by atoms with E-state index in [9.17, 15) is 22.2 Å². The Labute approximate surface area is 160 Å². The van der Waals surface area contributed by atoms with Gasteiger partial charge in [-0.2, -0.15) is 13.2 Å². The minimum atomic E-state index is -4.45. The SMILES string of the molecule is CS(=O)c1nc(-c2ccncc2)cc(=O)n1-c1ccc(OCC(F)(F)F)cc1. The summed E-state index contributed by atoms with van der Waals surface area (Å²) in [5.41, 5.74) is 0.820. The van der Waals surface area contributed by atoms with Crippen LogP contribution in [0.25, 0.3) is 16.9 Å². The molecule has 0 amide bonds. The van der Waals surface area contributed by atoms with Crippen molar-refractivity contribution < 1.29 is 22.1 Å². The first-order valence-electron chi connectivity index (χ1n) is 7.92. The van der Waals surface area contributed by atoms with Crippen molar-refractivity contribution in [1.29, 1.82) is 0 Å². The molecule has 2 aromatic heterocycles. The normalized spacial score (nSPS) is 12.6. The van der Waals surface area contributed by atoms with Crippen molar-refractivity contribution in [1.82, 2.24) is 14.5 Å². The lowest BCUT2D eigenvalue weighted by atomic mass is 10.2. The second-order valence-electron chi connectivity index (χ2n) is 5.69. The zero-order valence-corrected chi connectivity index (χ0v) is 15.3. The third-order valence-corrected chi connectivity index (χ3v) is 4.41. The first-order chi connectivity index (χ1) is 13.2. The van der Waals surface area contributed by atoms with Crippen LogP contribution in [0.2, 0.25) is 0 Å².